The molecule has 4 heteroatoms. The first kappa shape index (κ1) is 9.09. The van der Waals surface area contributed by atoms with Crippen molar-refractivity contribution in [2.45, 2.75) is 18.1 Å². The number of aromatic nitrogens is 1. The lowest BCUT2D eigenvalue weighted by atomic mass is 10.3. The van der Waals surface area contributed by atoms with E-state index in [9.17, 15) is 0 Å². The van der Waals surface area contributed by atoms with E-state index in [2.05, 4.69) is 4.98 Å². The largest absolute Gasteiger partial charge is 0.431 e. The van der Waals surface area contributed by atoms with Gasteiger partial charge in [-0.1, -0.05) is 11.8 Å². The van der Waals surface area contributed by atoms with Gasteiger partial charge in [-0.3, -0.25) is 0 Å². The highest BCUT2D eigenvalue weighted by Crippen LogP contribution is 2.35. The van der Waals surface area contributed by atoms with Crippen LogP contribution in [0.15, 0.2) is 27.8 Å². The van der Waals surface area contributed by atoms with Gasteiger partial charge in [0, 0.05) is 11.4 Å². The zero-order chi connectivity index (χ0) is 10.3. The summed E-state index contributed by atoms with van der Waals surface area (Å²) in [5.41, 5.74) is 8.08. The lowest BCUT2D eigenvalue weighted by Crippen LogP contribution is -1.82. The maximum Gasteiger partial charge on any atom is 0.256 e. The Morgan fingerprint density at radius 3 is 3.13 bits per heavy atom. The Balaban J connectivity index is 1.84. The highest BCUT2D eigenvalue weighted by atomic mass is 32.2. The smallest absolute Gasteiger partial charge is 0.256 e. The molecule has 0 bridgehead atoms. The first-order valence-electron chi connectivity index (χ1n) is 5.10. The first-order chi connectivity index (χ1) is 7.31. The maximum absolute atomic E-state index is 5.68. The second-order valence-electron chi connectivity index (χ2n) is 3.96. The number of anilines is 1. The molecule has 1 heterocycles. The molecule has 1 aliphatic rings. The van der Waals surface area contributed by atoms with Gasteiger partial charge in [0.2, 0.25) is 0 Å². The van der Waals surface area contributed by atoms with Crippen LogP contribution in [0.2, 0.25) is 0 Å². The van der Waals surface area contributed by atoms with E-state index in [0.717, 1.165) is 33.7 Å². The van der Waals surface area contributed by atoms with Crippen LogP contribution in [0.4, 0.5) is 5.69 Å². The molecule has 2 aromatic rings. The minimum absolute atomic E-state index is 0.731. The predicted octanol–water partition coefficient (Wildman–Crippen LogP) is 2.91. The van der Waals surface area contributed by atoms with Crippen molar-refractivity contribution < 1.29 is 4.42 Å². The Morgan fingerprint density at radius 2 is 2.33 bits per heavy atom. The lowest BCUT2D eigenvalue weighted by molar-refractivity contribution is 0.489. The zero-order valence-electron chi connectivity index (χ0n) is 8.27. The SMILES string of the molecule is Nc1ccc2oc(SCC3CC3)nc2c1. The van der Waals surface area contributed by atoms with E-state index < -0.39 is 0 Å². The topological polar surface area (TPSA) is 52.0 Å². The van der Waals surface area contributed by atoms with Gasteiger partial charge in [-0.25, -0.2) is 4.98 Å². The van der Waals surface area contributed by atoms with E-state index in [1.165, 1.54) is 12.8 Å². The van der Waals surface area contributed by atoms with Crippen molar-refractivity contribution in [3.63, 3.8) is 0 Å². The molecule has 0 saturated heterocycles. The normalized spacial score (nSPS) is 16.0. The minimum Gasteiger partial charge on any atom is -0.431 e. The Kier molecular flexibility index (Phi) is 2.09. The molecule has 1 aliphatic carbocycles. The first-order valence-corrected chi connectivity index (χ1v) is 6.09. The summed E-state index contributed by atoms with van der Waals surface area (Å²) in [5.74, 6) is 2.01. The Bertz CT molecular complexity index is 490. The number of oxazole rings is 1. The predicted molar refractivity (Wildman–Crippen MR) is 61.9 cm³/mol. The summed E-state index contributed by atoms with van der Waals surface area (Å²) in [5, 5.41) is 0.766. The molecule has 78 valence electrons. The van der Waals surface area contributed by atoms with Crippen LogP contribution in [0.3, 0.4) is 0 Å². The van der Waals surface area contributed by atoms with E-state index in [4.69, 9.17) is 10.2 Å². The summed E-state index contributed by atoms with van der Waals surface area (Å²) < 4.78 is 5.60. The number of fused-ring (bicyclic) bond motifs is 1. The zero-order valence-corrected chi connectivity index (χ0v) is 9.09. The highest BCUT2D eigenvalue weighted by molar-refractivity contribution is 7.99. The fraction of sp³-hybridized carbons (Fsp3) is 0.364. The number of rotatable bonds is 3. The summed E-state index contributed by atoms with van der Waals surface area (Å²) in [6.45, 7) is 0. The van der Waals surface area contributed by atoms with Gasteiger partial charge in [0.05, 0.1) is 0 Å². The maximum atomic E-state index is 5.68. The molecule has 3 nitrogen and oxygen atoms in total. The van der Waals surface area contributed by atoms with Crippen LogP contribution < -0.4 is 5.73 Å². The number of nitrogens with two attached hydrogens (primary N) is 1. The third kappa shape index (κ3) is 1.95. The van der Waals surface area contributed by atoms with E-state index in [0.29, 0.717) is 0 Å². The third-order valence-electron chi connectivity index (χ3n) is 2.53. The molecule has 0 unspecified atom stereocenters. The summed E-state index contributed by atoms with van der Waals surface area (Å²) in [6, 6.07) is 5.56. The van der Waals surface area contributed by atoms with Gasteiger partial charge in [0.25, 0.3) is 5.22 Å². The molecule has 1 saturated carbocycles. The monoisotopic (exact) mass is 220 g/mol. The summed E-state index contributed by atoms with van der Waals surface area (Å²) in [4.78, 5) is 4.39. The molecule has 0 radical (unpaired) electrons. The van der Waals surface area contributed by atoms with Gasteiger partial charge in [-0.15, -0.1) is 0 Å². The van der Waals surface area contributed by atoms with Crippen LogP contribution in [0.25, 0.3) is 11.1 Å². The molecule has 3 rings (SSSR count). The number of hydrogen-bond donors (Lipinski definition) is 1. The van der Waals surface area contributed by atoms with Crippen LogP contribution in [0.1, 0.15) is 12.8 Å². The second-order valence-corrected chi connectivity index (χ2v) is 4.93. The number of nitrogens with zero attached hydrogens (tertiary/aromatic N) is 1. The fourth-order valence-electron chi connectivity index (χ4n) is 1.46. The van der Waals surface area contributed by atoms with Crippen LogP contribution in [-0.2, 0) is 0 Å². The molecule has 0 amide bonds. The van der Waals surface area contributed by atoms with Crippen molar-refractivity contribution in [2.24, 2.45) is 5.92 Å². The summed E-state index contributed by atoms with van der Waals surface area (Å²) in [6.07, 6.45) is 2.72. The van der Waals surface area contributed by atoms with Crippen LogP contribution in [0.5, 0.6) is 0 Å². The molecule has 0 aliphatic heterocycles. The lowest BCUT2D eigenvalue weighted by Gasteiger charge is -1.90. The average Bonchev–Trinajstić information content (AvgIpc) is 2.95. The molecule has 0 atom stereocenters. The quantitative estimate of drug-likeness (QED) is 0.638. The summed E-state index contributed by atoms with van der Waals surface area (Å²) in [7, 11) is 0. The third-order valence-corrected chi connectivity index (χ3v) is 3.59. The van der Waals surface area contributed by atoms with Crippen LogP contribution >= 0.6 is 11.8 Å². The molecule has 1 fully saturated rings. The Hall–Kier alpha value is -1.16. The standard InChI is InChI=1S/C11H12N2OS/c12-8-3-4-10-9(5-8)13-11(14-10)15-6-7-1-2-7/h3-5,7H,1-2,6,12H2. The number of thioether (sulfide) groups is 1. The van der Waals surface area contributed by atoms with Crippen molar-refractivity contribution in [1.82, 2.24) is 4.98 Å². The van der Waals surface area contributed by atoms with Crippen molar-refractivity contribution in [2.75, 3.05) is 11.5 Å². The molecule has 1 aromatic carbocycles. The van der Waals surface area contributed by atoms with Crippen molar-refractivity contribution >= 4 is 28.5 Å². The van der Waals surface area contributed by atoms with Gasteiger partial charge in [0.1, 0.15) is 5.52 Å². The van der Waals surface area contributed by atoms with E-state index in [-0.39, 0.29) is 0 Å². The molecule has 2 N–H and O–H groups in total. The van der Waals surface area contributed by atoms with Crippen LogP contribution in [0, 0.1) is 5.92 Å². The number of benzene rings is 1. The van der Waals surface area contributed by atoms with Crippen molar-refractivity contribution in [1.29, 1.82) is 0 Å². The average molecular weight is 220 g/mol. The molecule has 15 heavy (non-hydrogen) atoms. The minimum atomic E-state index is 0.731. The van der Waals surface area contributed by atoms with E-state index in [1.54, 1.807) is 11.8 Å². The molecule has 1 aromatic heterocycles. The summed E-state index contributed by atoms with van der Waals surface area (Å²) >= 11 is 1.70. The van der Waals surface area contributed by atoms with E-state index >= 15 is 0 Å². The van der Waals surface area contributed by atoms with Crippen molar-refractivity contribution in [3.8, 4) is 0 Å². The Labute approximate surface area is 92.0 Å². The van der Waals surface area contributed by atoms with Crippen LogP contribution in [-0.4, -0.2) is 10.7 Å². The van der Waals surface area contributed by atoms with Gasteiger partial charge in [-0.2, -0.15) is 0 Å². The number of hydrogen-bond acceptors (Lipinski definition) is 4. The van der Waals surface area contributed by atoms with Gasteiger partial charge < -0.3 is 10.2 Å². The Morgan fingerprint density at radius 1 is 1.47 bits per heavy atom. The molecule has 0 spiro atoms. The highest BCUT2D eigenvalue weighted by Gasteiger charge is 2.22. The van der Waals surface area contributed by atoms with Crippen molar-refractivity contribution in [3.05, 3.63) is 18.2 Å². The second kappa shape index (κ2) is 3.45. The van der Waals surface area contributed by atoms with Gasteiger partial charge in [-0.05, 0) is 37.0 Å². The van der Waals surface area contributed by atoms with Gasteiger partial charge >= 0.3 is 0 Å². The number of nitrogen functional groups attached to an aromatic ring is 1. The fourth-order valence-corrected chi connectivity index (χ4v) is 2.48. The van der Waals surface area contributed by atoms with Gasteiger partial charge in [0.15, 0.2) is 5.58 Å². The van der Waals surface area contributed by atoms with E-state index in [1.807, 2.05) is 18.2 Å². The molecular formula is C11H12N2OS. The molecular weight excluding hydrogens is 208 g/mol.